The zero-order valence-corrected chi connectivity index (χ0v) is 10.6. The van der Waals surface area contributed by atoms with Gasteiger partial charge in [0.15, 0.2) is 0 Å². The SMILES string of the molecule is CCc1ccc(C(=O)N(C)C(C)CC#N)cc1. The Bertz CT molecular complexity index is 417. The van der Waals surface area contributed by atoms with E-state index >= 15 is 0 Å². The average molecular weight is 230 g/mol. The minimum atomic E-state index is -0.0571. The van der Waals surface area contributed by atoms with E-state index in [9.17, 15) is 4.79 Å². The maximum absolute atomic E-state index is 12.1. The largest absolute Gasteiger partial charge is 0.338 e. The number of hydrogen-bond acceptors (Lipinski definition) is 2. The molecule has 0 saturated carbocycles. The summed E-state index contributed by atoms with van der Waals surface area (Å²) in [4.78, 5) is 13.7. The molecule has 0 aliphatic rings. The van der Waals surface area contributed by atoms with Gasteiger partial charge in [-0.25, -0.2) is 0 Å². The van der Waals surface area contributed by atoms with Crippen LogP contribution >= 0.6 is 0 Å². The fourth-order valence-corrected chi connectivity index (χ4v) is 1.56. The monoisotopic (exact) mass is 230 g/mol. The molecule has 1 aromatic carbocycles. The molecule has 0 bridgehead atoms. The van der Waals surface area contributed by atoms with Crippen molar-refractivity contribution in [3.8, 4) is 6.07 Å². The van der Waals surface area contributed by atoms with Gasteiger partial charge in [-0.3, -0.25) is 4.79 Å². The average Bonchev–Trinajstić information content (AvgIpc) is 2.37. The molecule has 3 heteroatoms. The maximum atomic E-state index is 12.1. The standard InChI is InChI=1S/C14H18N2O/c1-4-12-5-7-13(8-6-12)14(17)16(3)11(2)9-10-15/h5-8,11H,4,9H2,1-3H3. The van der Waals surface area contributed by atoms with Crippen LogP contribution in [-0.2, 0) is 6.42 Å². The van der Waals surface area contributed by atoms with Gasteiger partial charge in [0, 0.05) is 18.7 Å². The zero-order chi connectivity index (χ0) is 12.8. The summed E-state index contributed by atoms with van der Waals surface area (Å²) >= 11 is 0. The van der Waals surface area contributed by atoms with Gasteiger partial charge in [0.25, 0.3) is 5.91 Å². The molecule has 3 nitrogen and oxygen atoms in total. The van der Waals surface area contributed by atoms with E-state index in [0.29, 0.717) is 12.0 Å². The number of hydrogen-bond donors (Lipinski definition) is 0. The van der Waals surface area contributed by atoms with Crippen LogP contribution in [0.25, 0.3) is 0 Å². The Kier molecular flexibility index (Phi) is 4.71. The molecule has 1 atom stereocenters. The molecule has 1 amide bonds. The van der Waals surface area contributed by atoms with E-state index < -0.39 is 0 Å². The Morgan fingerprint density at radius 3 is 2.47 bits per heavy atom. The summed E-state index contributed by atoms with van der Waals surface area (Å²) in [5.41, 5.74) is 1.89. The van der Waals surface area contributed by atoms with Crippen LogP contribution in [0.3, 0.4) is 0 Å². The third-order valence-electron chi connectivity index (χ3n) is 2.98. The third kappa shape index (κ3) is 3.32. The van der Waals surface area contributed by atoms with Crippen LogP contribution in [0.5, 0.6) is 0 Å². The lowest BCUT2D eigenvalue weighted by Crippen LogP contribution is -2.34. The summed E-state index contributed by atoms with van der Waals surface area (Å²) in [5.74, 6) is -0.0320. The highest BCUT2D eigenvalue weighted by molar-refractivity contribution is 5.94. The summed E-state index contributed by atoms with van der Waals surface area (Å²) in [6, 6.07) is 9.65. The highest BCUT2D eigenvalue weighted by Gasteiger charge is 2.16. The van der Waals surface area contributed by atoms with Gasteiger partial charge in [-0.2, -0.15) is 5.26 Å². The molecule has 1 unspecified atom stereocenters. The van der Waals surface area contributed by atoms with Crippen molar-refractivity contribution in [1.82, 2.24) is 4.90 Å². The normalized spacial score (nSPS) is 11.6. The van der Waals surface area contributed by atoms with Crippen LogP contribution in [-0.4, -0.2) is 23.9 Å². The van der Waals surface area contributed by atoms with Crippen LogP contribution in [0.4, 0.5) is 0 Å². The predicted molar refractivity (Wildman–Crippen MR) is 67.6 cm³/mol. The van der Waals surface area contributed by atoms with E-state index in [4.69, 9.17) is 5.26 Å². The lowest BCUT2D eigenvalue weighted by Gasteiger charge is -2.23. The molecular weight excluding hydrogens is 212 g/mol. The summed E-state index contributed by atoms with van der Waals surface area (Å²) in [7, 11) is 1.73. The Morgan fingerprint density at radius 2 is 2.00 bits per heavy atom. The van der Waals surface area contributed by atoms with Gasteiger partial charge in [-0.05, 0) is 31.0 Å². The summed E-state index contributed by atoms with van der Waals surface area (Å²) in [6.07, 6.45) is 1.32. The van der Waals surface area contributed by atoms with E-state index in [0.717, 1.165) is 6.42 Å². The van der Waals surface area contributed by atoms with Crippen LogP contribution in [0.15, 0.2) is 24.3 Å². The molecule has 0 aliphatic carbocycles. The van der Waals surface area contributed by atoms with Crippen molar-refractivity contribution in [1.29, 1.82) is 5.26 Å². The Morgan fingerprint density at radius 1 is 1.41 bits per heavy atom. The Labute approximate surface area is 103 Å². The molecule has 1 aromatic rings. The number of benzene rings is 1. The molecule has 0 fully saturated rings. The number of nitriles is 1. The van der Waals surface area contributed by atoms with Crippen LogP contribution in [0.2, 0.25) is 0 Å². The fourth-order valence-electron chi connectivity index (χ4n) is 1.56. The molecule has 0 N–H and O–H groups in total. The molecule has 0 radical (unpaired) electrons. The lowest BCUT2D eigenvalue weighted by atomic mass is 10.1. The van der Waals surface area contributed by atoms with Crippen molar-refractivity contribution in [2.24, 2.45) is 0 Å². The molecule has 0 spiro atoms. The first-order valence-electron chi connectivity index (χ1n) is 5.83. The Hall–Kier alpha value is -1.82. The molecule has 1 rings (SSSR count). The quantitative estimate of drug-likeness (QED) is 0.798. The van der Waals surface area contributed by atoms with Gasteiger partial charge in [0.1, 0.15) is 0 Å². The van der Waals surface area contributed by atoms with Gasteiger partial charge in [0.05, 0.1) is 12.5 Å². The van der Waals surface area contributed by atoms with Crippen molar-refractivity contribution in [2.45, 2.75) is 32.7 Å². The second-order valence-electron chi connectivity index (χ2n) is 4.18. The highest BCUT2D eigenvalue weighted by Crippen LogP contribution is 2.10. The molecule has 17 heavy (non-hydrogen) atoms. The minimum Gasteiger partial charge on any atom is -0.338 e. The second-order valence-corrected chi connectivity index (χ2v) is 4.18. The van der Waals surface area contributed by atoms with E-state index in [2.05, 4.69) is 13.0 Å². The smallest absolute Gasteiger partial charge is 0.253 e. The second kappa shape index (κ2) is 6.05. The van der Waals surface area contributed by atoms with Crippen molar-refractivity contribution < 1.29 is 4.79 Å². The molecule has 0 saturated heterocycles. The fraction of sp³-hybridized carbons (Fsp3) is 0.429. The van der Waals surface area contributed by atoms with E-state index in [1.54, 1.807) is 11.9 Å². The number of nitrogens with zero attached hydrogens (tertiary/aromatic N) is 2. The van der Waals surface area contributed by atoms with Gasteiger partial charge in [-0.15, -0.1) is 0 Å². The first-order valence-corrected chi connectivity index (χ1v) is 5.83. The van der Waals surface area contributed by atoms with Crippen molar-refractivity contribution in [3.05, 3.63) is 35.4 Å². The summed E-state index contributed by atoms with van der Waals surface area (Å²) < 4.78 is 0. The van der Waals surface area contributed by atoms with Crippen LogP contribution in [0.1, 0.15) is 36.2 Å². The first-order chi connectivity index (χ1) is 8.10. The third-order valence-corrected chi connectivity index (χ3v) is 2.98. The number of carbonyl (C=O) groups is 1. The predicted octanol–water partition coefficient (Wildman–Crippen LogP) is 2.62. The molecule has 0 heterocycles. The topological polar surface area (TPSA) is 44.1 Å². The number of rotatable bonds is 4. The number of aryl methyl sites for hydroxylation is 1. The summed E-state index contributed by atoms with van der Waals surface area (Å²) in [6.45, 7) is 3.96. The van der Waals surface area contributed by atoms with Crippen molar-refractivity contribution in [3.63, 3.8) is 0 Å². The molecule has 90 valence electrons. The number of carbonyl (C=O) groups excluding carboxylic acids is 1. The minimum absolute atomic E-state index is 0.0320. The molecule has 0 aliphatic heterocycles. The highest BCUT2D eigenvalue weighted by atomic mass is 16.2. The van der Waals surface area contributed by atoms with Gasteiger partial charge < -0.3 is 4.90 Å². The Balaban J connectivity index is 2.78. The van der Waals surface area contributed by atoms with Crippen LogP contribution in [0, 0.1) is 11.3 Å². The van der Waals surface area contributed by atoms with Crippen molar-refractivity contribution in [2.75, 3.05) is 7.05 Å². The number of amides is 1. The summed E-state index contributed by atoms with van der Waals surface area (Å²) in [5, 5.41) is 8.62. The van der Waals surface area contributed by atoms with Gasteiger partial charge in [-0.1, -0.05) is 19.1 Å². The first kappa shape index (κ1) is 13.2. The van der Waals surface area contributed by atoms with Gasteiger partial charge >= 0.3 is 0 Å². The molecule has 0 aromatic heterocycles. The van der Waals surface area contributed by atoms with Crippen molar-refractivity contribution >= 4 is 5.91 Å². The lowest BCUT2D eigenvalue weighted by molar-refractivity contribution is 0.0746. The van der Waals surface area contributed by atoms with E-state index in [1.807, 2.05) is 31.2 Å². The molecular formula is C14H18N2O. The van der Waals surface area contributed by atoms with E-state index in [1.165, 1.54) is 5.56 Å². The zero-order valence-electron chi connectivity index (χ0n) is 10.6. The van der Waals surface area contributed by atoms with E-state index in [-0.39, 0.29) is 11.9 Å². The van der Waals surface area contributed by atoms with Gasteiger partial charge in [0.2, 0.25) is 0 Å². The maximum Gasteiger partial charge on any atom is 0.253 e. The van der Waals surface area contributed by atoms with Crippen LogP contribution < -0.4 is 0 Å².